The Morgan fingerprint density at radius 1 is 1.36 bits per heavy atom. The summed E-state index contributed by atoms with van der Waals surface area (Å²) in [6, 6.07) is 6.25. The molecule has 1 aliphatic rings. The zero-order valence-electron chi connectivity index (χ0n) is 16.2. The number of hydrogen-bond donors (Lipinski definition) is 1. The number of rotatable bonds is 6. The van der Waals surface area contributed by atoms with E-state index in [9.17, 15) is 4.79 Å². The maximum atomic E-state index is 12.8. The number of amides is 1. The van der Waals surface area contributed by atoms with Crippen LogP contribution in [-0.4, -0.2) is 43.6 Å². The van der Waals surface area contributed by atoms with Gasteiger partial charge in [0, 0.05) is 13.1 Å². The topological polar surface area (TPSA) is 41.6 Å². The molecule has 0 aliphatic carbocycles. The first kappa shape index (κ1) is 21.8. The highest BCUT2D eigenvalue weighted by atomic mass is 35.5. The van der Waals surface area contributed by atoms with Crippen LogP contribution in [0.3, 0.4) is 0 Å². The lowest BCUT2D eigenvalue weighted by molar-refractivity contribution is -0.139. The van der Waals surface area contributed by atoms with E-state index in [2.05, 4.69) is 38.2 Å². The zero-order valence-corrected chi connectivity index (χ0v) is 17.0. The molecule has 0 radical (unpaired) electrons. The van der Waals surface area contributed by atoms with Crippen LogP contribution >= 0.6 is 12.4 Å². The summed E-state index contributed by atoms with van der Waals surface area (Å²) in [6.07, 6.45) is 1.82. The van der Waals surface area contributed by atoms with Crippen molar-refractivity contribution >= 4 is 18.3 Å². The largest absolute Gasteiger partial charge is 0.481 e. The van der Waals surface area contributed by atoms with Gasteiger partial charge in [-0.05, 0) is 69.3 Å². The van der Waals surface area contributed by atoms with E-state index in [1.807, 2.05) is 24.9 Å². The molecular weight excluding hydrogens is 336 g/mol. The van der Waals surface area contributed by atoms with Crippen molar-refractivity contribution in [2.45, 2.75) is 52.6 Å². The van der Waals surface area contributed by atoms with E-state index < -0.39 is 6.10 Å². The van der Waals surface area contributed by atoms with Crippen molar-refractivity contribution < 1.29 is 9.53 Å². The van der Waals surface area contributed by atoms with Gasteiger partial charge >= 0.3 is 0 Å². The predicted molar refractivity (Wildman–Crippen MR) is 106 cm³/mol. The summed E-state index contributed by atoms with van der Waals surface area (Å²) in [5.41, 5.74) is 2.31. The minimum atomic E-state index is -0.447. The minimum absolute atomic E-state index is 0. The van der Waals surface area contributed by atoms with E-state index in [4.69, 9.17) is 4.74 Å². The Labute approximate surface area is 158 Å². The van der Waals surface area contributed by atoms with Crippen molar-refractivity contribution in [2.75, 3.05) is 26.7 Å². The Morgan fingerprint density at radius 3 is 2.72 bits per heavy atom. The molecule has 0 spiro atoms. The maximum Gasteiger partial charge on any atom is 0.263 e. The molecule has 1 N–H and O–H groups in total. The summed E-state index contributed by atoms with van der Waals surface area (Å²) >= 11 is 0. The number of likely N-dealkylation sites (tertiary alicyclic amines) is 1. The normalized spacial score (nSPS) is 18.6. The number of piperidine rings is 1. The molecule has 1 aromatic carbocycles. The summed E-state index contributed by atoms with van der Waals surface area (Å²) < 4.78 is 6.09. The zero-order chi connectivity index (χ0) is 17.7. The van der Waals surface area contributed by atoms with E-state index in [0.29, 0.717) is 11.8 Å². The molecule has 2 unspecified atom stereocenters. The number of ether oxygens (including phenoxy) is 1. The number of benzene rings is 1. The number of aryl methyl sites for hydroxylation is 1. The SMILES string of the molecule is CNCC1CCCN(C(=O)C(C)Oc2cc(C)ccc2C(C)C)C1.Cl. The minimum Gasteiger partial charge on any atom is -0.481 e. The quantitative estimate of drug-likeness (QED) is 0.831. The standard InChI is InChI=1S/C20H32N2O2.ClH/c1-14(2)18-9-8-15(3)11-19(18)24-16(4)20(23)22-10-6-7-17(13-22)12-21-5;/h8-9,11,14,16-17,21H,6-7,10,12-13H2,1-5H3;1H. The van der Waals surface area contributed by atoms with E-state index >= 15 is 0 Å². The predicted octanol–water partition coefficient (Wildman–Crippen LogP) is 3.77. The molecule has 1 aromatic rings. The van der Waals surface area contributed by atoms with Crippen molar-refractivity contribution in [1.82, 2.24) is 10.2 Å². The first-order chi connectivity index (χ1) is 11.4. The van der Waals surface area contributed by atoms with Crippen molar-refractivity contribution in [3.8, 4) is 5.75 Å². The van der Waals surface area contributed by atoms with Gasteiger partial charge in [0.2, 0.25) is 0 Å². The fraction of sp³-hybridized carbons (Fsp3) is 0.650. The maximum absolute atomic E-state index is 12.8. The van der Waals surface area contributed by atoms with Gasteiger partial charge in [-0.1, -0.05) is 26.0 Å². The van der Waals surface area contributed by atoms with Crippen LogP contribution in [0.4, 0.5) is 0 Å². The van der Waals surface area contributed by atoms with E-state index in [1.165, 1.54) is 6.42 Å². The molecule has 1 saturated heterocycles. The van der Waals surface area contributed by atoms with Crippen molar-refractivity contribution in [2.24, 2.45) is 5.92 Å². The molecule has 2 rings (SSSR count). The summed E-state index contributed by atoms with van der Waals surface area (Å²) in [4.78, 5) is 14.8. The third-order valence-corrected chi connectivity index (χ3v) is 4.77. The van der Waals surface area contributed by atoms with E-state index in [-0.39, 0.29) is 18.3 Å². The van der Waals surface area contributed by atoms with Crippen molar-refractivity contribution in [1.29, 1.82) is 0 Å². The third-order valence-electron chi connectivity index (χ3n) is 4.77. The van der Waals surface area contributed by atoms with Crippen LogP contribution in [0, 0.1) is 12.8 Å². The van der Waals surface area contributed by atoms with Crippen LogP contribution in [0.2, 0.25) is 0 Å². The smallest absolute Gasteiger partial charge is 0.263 e. The van der Waals surface area contributed by atoms with Gasteiger partial charge in [-0.15, -0.1) is 12.4 Å². The average molecular weight is 369 g/mol. The van der Waals surface area contributed by atoms with E-state index in [0.717, 1.165) is 42.9 Å². The van der Waals surface area contributed by atoms with Crippen LogP contribution in [0.25, 0.3) is 0 Å². The average Bonchev–Trinajstić information content (AvgIpc) is 2.54. The number of carbonyl (C=O) groups is 1. The Hall–Kier alpha value is -1.26. The summed E-state index contributed by atoms with van der Waals surface area (Å²) in [6.45, 7) is 10.9. The van der Waals surface area contributed by atoms with Gasteiger partial charge in [0.05, 0.1) is 0 Å². The van der Waals surface area contributed by atoms with Crippen LogP contribution < -0.4 is 10.1 Å². The fourth-order valence-corrected chi connectivity index (χ4v) is 3.44. The molecule has 1 aliphatic heterocycles. The van der Waals surface area contributed by atoms with Crippen LogP contribution in [0.15, 0.2) is 18.2 Å². The molecule has 1 amide bonds. The molecule has 0 bridgehead atoms. The molecule has 0 aromatic heterocycles. The molecule has 0 saturated carbocycles. The lowest BCUT2D eigenvalue weighted by Crippen LogP contribution is -2.47. The molecule has 142 valence electrons. The van der Waals surface area contributed by atoms with Gasteiger partial charge in [0.25, 0.3) is 5.91 Å². The second kappa shape index (κ2) is 10.0. The molecule has 2 atom stereocenters. The van der Waals surface area contributed by atoms with Crippen molar-refractivity contribution in [3.05, 3.63) is 29.3 Å². The van der Waals surface area contributed by atoms with Gasteiger partial charge in [-0.25, -0.2) is 0 Å². The monoisotopic (exact) mass is 368 g/mol. The van der Waals surface area contributed by atoms with Gasteiger partial charge in [0.15, 0.2) is 6.10 Å². The highest BCUT2D eigenvalue weighted by Crippen LogP contribution is 2.29. The van der Waals surface area contributed by atoms with Crippen LogP contribution in [-0.2, 0) is 4.79 Å². The summed E-state index contributed by atoms with van der Waals surface area (Å²) in [5, 5.41) is 3.22. The third kappa shape index (κ3) is 5.89. The molecular formula is C20H33ClN2O2. The molecule has 1 heterocycles. The molecule has 25 heavy (non-hydrogen) atoms. The second-order valence-corrected chi connectivity index (χ2v) is 7.31. The van der Waals surface area contributed by atoms with Gasteiger partial charge in [-0.3, -0.25) is 4.79 Å². The number of hydrogen-bond acceptors (Lipinski definition) is 3. The summed E-state index contributed by atoms with van der Waals surface area (Å²) in [5.74, 6) is 1.87. The Bertz CT molecular complexity index is 561. The lowest BCUT2D eigenvalue weighted by Gasteiger charge is -2.34. The number of nitrogens with zero attached hydrogens (tertiary/aromatic N) is 1. The molecule has 5 heteroatoms. The molecule has 4 nitrogen and oxygen atoms in total. The first-order valence-electron chi connectivity index (χ1n) is 9.13. The van der Waals surface area contributed by atoms with Gasteiger partial charge in [-0.2, -0.15) is 0 Å². The number of carbonyl (C=O) groups excluding carboxylic acids is 1. The lowest BCUT2D eigenvalue weighted by atomic mass is 9.97. The number of nitrogens with one attached hydrogen (secondary N) is 1. The highest BCUT2D eigenvalue weighted by molar-refractivity contribution is 5.85. The highest BCUT2D eigenvalue weighted by Gasteiger charge is 2.28. The molecule has 1 fully saturated rings. The Kier molecular flexibility index (Phi) is 8.74. The Balaban J connectivity index is 0.00000312. The fourth-order valence-electron chi connectivity index (χ4n) is 3.44. The first-order valence-corrected chi connectivity index (χ1v) is 9.13. The Morgan fingerprint density at radius 2 is 2.08 bits per heavy atom. The number of halogens is 1. The van der Waals surface area contributed by atoms with Gasteiger partial charge < -0.3 is 15.0 Å². The van der Waals surface area contributed by atoms with Gasteiger partial charge in [0.1, 0.15) is 5.75 Å². The second-order valence-electron chi connectivity index (χ2n) is 7.31. The van der Waals surface area contributed by atoms with Crippen molar-refractivity contribution in [3.63, 3.8) is 0 Å². The van der Waals surface area contributed by atoms with E-state index in [1.54, 1.807) is 0 Å². The van der Waals surface area contributed by atoms with Crippen LogP contribution in [0.5, 0.6) is 5.75 Å². The van der Waals surface area contributed by atoms with Crippen LogP contribution in [0.1, 0.15) is 50.7 Å². The summed E-state index contributed by atoms with van der Waals surface area (Å²) in [7, 11) is 1.97.